The molecule has 0 radical (unpaired) electrons. The summed E-state index contributed by atoms with van der Waals surface area (Å²) in [5.41, 5.74) is 3.01. The summed E-state index contributed by atoms with van der Waals surface area (Å²) in [7, 11) is 1.90. The number of carbonyl (C=O) groups is 3. The van der Waals surface area contributed by atoms with Gasteiger partial charge < -0.3 is 4.74 Å². The molecule has 1 unspecified atom stereocenters. The van der Waals surface area contributed by atoms with Gasteiger partial charge in [0.25, 0.3) is 0 Å². The van der Waals surface area contributed by atoms with E-state index >= 15 is 0 Å². The number of carbonyl (C=O) groups excluding carboxylic acids is 3. The van der Waals surface area contributed by atoms with Gasteiger partial charge in [-0.3, -0.25) is 29.3 Å². The summed E-state index contributed by atoms with van der Waals surface area (Å²) in [6.07, 6.45) is 4.76. The Morgan fingerprint density at radius 3 is 2.72 bits per heavy atom. The van der Waals surface area contributed by atoms with E-state index in [0.717, 1.165) is 55.4 Å². The summed E-state index contributed by atoms with van der Waals surface area (Å²) in [5, 5.41) is 8.04. The van der Waals surface area contributed by atoms with Crippen molar-refractivity contribution in [1.82, 2.24) is 20.0 Å². The maximum Gasteiger partial charge on any atom is 0.320 e. The molecule has 8 heteroatoms. The predicted molar refractivity (Wildman–Crippen MR) is 120 cm³/mol. The van der Waals surface area contributed by atoms with Crippen molar-refractivity contribution in [3.63, 3.8) is 0 Å². The molecule has 1 atom stereocenters. The summed E-state index contributed by atoms with van der Waals surface area (Å²) in [6.45, 7) is 4.71. The van der Waals surface area contributed by atoms with Crippen LogP contribution in [0, 0.1) is 0 Å². The van der Waals surface area contributed by atoms with Gasteiger partial charge >= 0.3 is 5.97 Å². The second-order valence-electron chi connectivity index (χ2n) is 8.91. The average molecular weight is 441 g/mol. The molecule has 2 amide bonds. The van der Waals surface area contributed by atoms with Gasteiger partial charge in [-0.1, -0.05) is 25.5 Å². The molecule has 2 fully saturated rings. The highest BCUT2D eigenvalue weighted by molar-refractivity contribution is 6.02. The molecule has 1 aromatic carbocycles. The minimum Gasteiger partial charge on any atom is -0.465 e. The number of ether oxygens (including phenoxy) is 1. The molecule has 0 saturated carbocycles. The Kier molecular flexibility index (Phi) is 6.89. The van der Waals surface area contributed by atoms with Gasteiger partial charge in [0.2, 0.25) is 11.8 Å². The van der Waals surface area contributed by atoms with Crippen LogP contribution < -0.4 is 5.32 Å². The van der Waals surface area contributed by atoms with Crippen molar-refractivity contribution < 1.29 is 19.1 Å². The van der Waals surface area contributed by atoms with Crippen molar-refractivity contribution in [2.75, 3.05) is 26.2 Å². The molecule has 0 spiro atoms. The number of imide groups is 1. The lowest BCUT2D eigenvalue weighted by Crippen LogP contribution is -2.39. The lowest BCUT2D eigenvalue weighted by molar-refractivity contribution is -0.145. The molecule has 32 heavy (non-hydrogen) atoms. The molecular formula is C24H32N4O4. The molecular weight excluding hydrogens is 408 g/mol. The van der Waals surface area contributed by atoms with E-state index in [-0.39, 0.29) is 23.7 Å². The Morgan fingerprint density at radius 2 is 2.00 bits per heavy atom. The van der Waals surface area contributed by atoms with E-state index in [1.165, 1.54) is 5.56 Å². The van der Waals surface area contributed by atoms with E-state index in [9.17, 15) is 14.4 Å². The molecule has 2 aliphatic rings. The topological polar surface area (TPSA) is 93.5 Å². The number of likely N-dealkylation sites (tertiary alicyclic amines) is 1. The zero-order valence-electron chi connectivity index (χ0n) is 18.9. The standard InChI is InChI=1S/C24H32N4O4/c1-3-4-13-32-22(30)15-28-11-9-16(10-12-28)17-5-6-18-20(14-17)27(2)26-23(18)19-7-8-21(29)25-24(19)31/h5-6,14,16,19H,3-4,7-13,15H2,1-2H3,(H,25,29,31). The van der Waals surface area contributed by atoms with Gasteiger partial charge in [0.15, 0.2) is 0 Å². The molecule has 2 saturated heterocycles. The van der Waals surface area contributed by atoms with Gasteiger partial charge in [-0.2, -0.15) is 5.10 Å². The normalized spacial score (nSPS) is 20.5. The number of piperidine rings is 2. The van der Waals surface area contributed by atoms with E-state index in [0.29, 0.717) is 31.9 Å². The fraction of sp³-hybridized carbons (Fsp3) is 0.583. The number of nitrogens with zero attached hydrogens (tertiary/aromatic N) is 3. The van der Waals surface area contributed by atoms with Crippen LogP contribution in [0.5, 0.6) is 0 Å². The van der Waals surface area contributed by atoms with Gasteiger partial charge in [-0.05, 0) is 56.3 Å². The van der Waals surface area contributed by atoms with Crippen LogP contribution >= 0.6 is 0 Å². The summed E-state index contributed by atoms with van der Waals surface area (Å²) < 4.78 is 7.12. The third kappa shape index (κ3) is 4.85. The average Bonchev–Trinajstić information content (AvgIpc) is 3.10. The number of nitrogens with one attached hydrogen (secondary N) is 1. The van der Waals surface area contributed by atoms with E-state index in [1.807, 2.05) is 11.7 Å². The van der Waals surface area contributed by atoms with E-state index in [4.69, 9.17) is 4.74 Å². The first kappa shape index (κ1) is 22.5. The lowest BCUT2D eigenvalue weighted by atomic mass is 9.88. The molecule has 8 nitrogen and oxygen atoms in total. The smallest absolute Gasteiger partial charge is 0.320 e. The zero-order valence-corrected chi connectivity index (χ0v) is 18.9. The predicted octanol–water partition coefficient (Wildman–Crippen LogP) is 2.62. The summed E-state index contributed by atoms with van der Waals surface area (Å²) in [5.74, 6) is -0.558. The molecule has 0 bridgehead atoms. The highest BCUT2D eigenvalue weighted by atomic mass is 16.5. The number of hydrogen-bond acceptors (Lipinski definition) is 6. The van der Waals surface area contributed by atoms with Crippen LogP contribution in [0.15, 0.2) is 18.2 Å². The van der Waals surface area contributed by atoms with Crippen LogP contribution in [0.3, 0.4) is 0 Å². The fourth-order valence-corrected chi connectivity index (χ4v) is 4.75. The van der Waals surface area contributed by atoms with Crippen LogP contribution in [-0.4, -0.2) is 58.7 Å². The SMILES string of the molecule is CCCCOC(=O)CN1CCC(c2ccc3c(C4CCC(=O)NC4=O)nn(C)c3c2)CC1. The van der Waals surface area contributed by atoms with Crippen molar-refractivity contribution >= 4 is 28.7 Å². The maximum absolute atomic E-state index is 12.3. The molecule has 0 aliphatic carbocycles. The molecule has 172 valence electrons. The summed E-state index contributed by atoms with van der Waals surface area (Å²) in [6, 6.07) is 6.38. The number of aryl methyl sites for hydroxylation is 1. The van der Waals surface area contributed by atoms with Crippen LogP contribution in [-0.2, 0) is 26.2 Å². The Hall–Kier alpha value is -2.74. The van der Waals surface area contributed by atoms with Crippen LogP contribution in [0.25, 0.3) is 10.9 Å². The Morgan fingerprint density at radius 1 is 1.22 bits per heavy atom. The van der Waals surface area contributed by atoms with E-state index in [1.54, 1.807) is 0 Å². The maximum atomic E-state index is 12.3. The largest absolute Gasteiger partial charge is 0.465 e. The van der Waals surface area contributed by atoms with Crippen molar-refractivity contribution in [2.24, 2.45) is 7.05 Å². The first-order chi connectivity index (χ1) is 15.5. The van der Waals surface area contributed by atoms with Gasteiger partial charge in [0.05, 0.1) is 30.3 Å². The quantitative estimate of drug-likeness (QED) is 0.404. The van der Waals surface area contributed by atoms with Gasteiger partial charge in [-0.25, -0.2) is 0 Å². The zero-order chi connectivity index (χ0) is 22.7. The first-order valence-corrected chi connectivity index (χ1v) is 11.6. The van der Waals surface area contributed by atoms with Crippen LogP contribution in [0.2, 0.25) is 0 Å². The third-order valence-corrected chi connectivity index (χ3v) is 6.65. The van der Waals surface area contributed by atoms with Crippen molar-refractivity contribution in [3.8, 4) is 0 Å². The number of hydrogen-bond donors (Lipinski definition) is 1. The number of esters is 1. The third-order valence-electron chi connectivity index (χ3n) is 6.65. The molecule has 2 aliphatic heterocycles. The van der Waals surface area contributed by atoms with Crippen molar-refractivity contribution in [2.45, 2.75) is 57.3 Å². The highest BCUT2D eigenvalue weighted by Crippen LogP contribution is 2.34. The monoisotopic (exact) mass is 440 g/mol. The first-order valence-electron chi connectivity index (χ1n) is 11.6. The second-order valence-corrected chi connectivity index (χ2v) is 8.91. The summed E-state index contributed by atoms with van der Waals surface area (Å²) in [4.78, 5) is 38.0. The number of aromatic nitrogens is 2. The molecule has 2 aromatic rings. The lowest BCUT2D eigenvalue weighted by Gasteiger charge is -2.31. The minimum atomic E-state index is -0.387. The van der Waals surface area contributed by atoms with Gasteiger partial charge in [0, 0.05) is 18.9 Å². The second kappa shape index (κ2) is 9.81. The van der Waals surface area contributed by atoms with Gasteiger partial charge in [-0.15, -0.1) is 0 Å². The number of unbranched alkanes of at least 4 members (excludes halogenated alkanes) is 1. The minimum absolute atomic E-state index is 0.130. The highest BCUT2D eigenvalue weighted by Gasteiger charge is 2.32. The molecule has 4 rings (SSSR count). The van der Waals surface area contributed by atoms with Crippen molar-refractivity contribution in [1.29, 1.82) is 0 Å². The number of benzene rings is 1. The number of rotatable bonds is 7. The molecule has 1 aromatic heterocycles. The molecule has 1 N–H and O–H groups in total. The van der Waals surface area contributed by atoms with Gasteiger partial charge in [0.1, 0.15) is 0 Å². The Balaban J connectivity index is 1.41. The number of fused-ring (bicyclic) bond motifs is 1. The van der Waals surface area contributed by atoms with Crippen LogP contribution in [0.1, 0.15) is 68.5 Å². The fourth-order valence-electron chi connectivity index (χ4n) is 4.75. The van der Waals surface area contributed by atoms with Crippen LogP contribution in [0.4, 0.5) is 0 Å². The number of amides is 2. The molecule has 3 heterocycles. The van der Waals surface area contributed by atoms with Crippen molar-refractivity contribution in [3.05, 3.63) is 29.5 Å². The Bertz CT molecular complexity index is 1010. The van der Waals surface area contributed by atoms with E-state index in [2.05, 4.69) is 40.4 Å². The van der Waals surface area contributed by atoms with E-state index < -0.39 is 0 Å². The Labute approximate surface area is 188 Å². The summed E-state index contributed by atoms with van der Waals surface area (Å²) >= 11 is 0.